The molecule has 0 atom stereocenters. The Hall–Kier alpha value is -3.33. The van der Waals surface area contributed by atoms with Crippen LogP contribution in [0.2, 0.25) is 5.02 Å². The molecular formula is C17H16ClFN6O2. The van der Waals surface area contributed by atoms with Crippen LogP contribution in [0.4, 0.5) is 4.39 Å². The van der Waals surface area contributed by atoms with Gasteiger partial charge in [0.25, 0.3) is 5.91 Å². The number of benzene rings is 1. The molecular weight excluding hydrogens is 375 g/mol. The molecule has 2 aromatic heterocycles. The van der Waals surface area contributed by atoms with E-state index >= 15 is 0 Å². The Kier molecular flexibility index (Phi) is 7.38. The van der Waals surface area contributed by atoms with Crippen molar-refractivity contribution in [1.82, 2.24) is 25.7 Å². The minimum atomic E-state index is -0.618. The summed E-state index contributed by atoms with van der Waals surface area (Å²) in [5.41, 5.74) is 4.77. The van der Waals surface area contributed by atoms with Crippen LogP contribution in [0.5, 0.6) is 0 Å². The standard InChI is InChI=1S/C11H11FN6O2.C6H5Cl/c12-6-2-1-4-14-8(6)9-10(17-18-16-9)11(20)15-5-3-7(13)19;7-6-4-2-1-3-5-6/h1-2,4H,3,5H2,(H2,13,19)(H,15,20)(H,16,17,18);1-5H. The van der Waals surface area contributed by atoms with Gasteiger partial charge in [-0.05, 0) is 24.3 Å². The molecule has 1 aromatic carbocycles. The second-order valence-electron chi connectivity index (χ2n) is 5.12. The molecule has 3 aromatic rings. The van der Waals surface area contributed by atoms with Gasteiger partial charge in [-0.3, -0.25) is 14.6 Å². The maximum Gasteiger partial charge on any atom is 0.274 e. The van der Waals surface area contributed by atoms with Gasteiger partial charge in [-0.25, -0.2) is 4.39 Å². The molecule has 2 heterocycles. The van der Waals surface area contributed by atoms with E-state index in [0.29, 0.717) is 0 Å². The van der Waals surface area contributed by atoms with Gasteiger partial charge in [0, 0.05) is 24.2 Å². The minimum Gasteiger partial charge on any atom is -0.370 e. The summed E-state index contributed by atoms with van der Waals surface area (Å²) in [6.45, 7) is 0.0607. The Labute approximate surface area is 158 Å². The maximum atomic E-state index is 13.6. The first-order valence-corrected chi connectivity index (χ1v) is 8.15. The number of hydrogen-bond donors (Lipinski definition) is 3. The first-order valence-electron chi connectivity index (χ1n) is 7.77. The van der Waals surface area contributed by atoms with Crippen molar-refractivity contribution in [3.05, 3.63) is 65.2 Å². The van der Waals surface area contributed by atoms with Gasteiger partial charge < -0.3 is 11.1 Å². The molecule has 0 bridgehead atoms. The van der Waals surface area contributed by atoms with E-state index in [2.05, 4.69) is 25.7 Å². The minimum absolute atomic E-state index is 0.000301. The third kappa shape index (κ3) is 6.15. The number of aromatic amines is 1. The van der Waals surface area contributed by atoms with Crippen LogP contribution in [0, 0.1) is 5.82 Å². The van der Waals surface area contributed by atoms with Crippen molar-refractivity contribution < 1.29 is 14.0 Å². The highest BCUT2D eigenvalue weighted by molar-refractivity contribution is 6.30. The SMILES string of the molecule is Clc1ccccc1.NC(=O)CCNC(=O)c1n[nH]nc1-c1ncccc1F. The third-order valence-electron chi connectivity index (χ3n) is 3.14. The predicted octanol–water partition coefficient (Wildman–Crippen LogP) is 1.95. The van der Waals surface area contributed by atoms with Crippen molar-refractivity contribution in [2.24, 2.45) is 5.73 Å². The number of carbonyl (C=O) groups is 2. The summed E-state index contributed by atoms with van der Waals surface area (Å²) in [4.78, 5) is 26.3. The fraction of sp³-hybridized carbons (Fsp3) is 0.118. The van der Waals surface area contributed by atoms with Crippen LogP contribution in [0.3, 0.4) is 0 Å². The second kappa shape index (κ2) is 9.97. The number of primary amides is 1. The van der Waals surface area contributed by atoms with Crippen molar-refractivity contribution in [2.45, 2.75) is 6.42 Å². The van der Waals surface area contributed by atoms with Crippen molar-refractivity contribution >= 4 is 23.4 Å². The van der Waals surface area contributed by atoms with Gasteiger partial charge in [-0.15, -0.1) is 0 Å². The molecule has 0 unspecified atom stereocenters. The van der Waals surface area contributed by atoms with Crippen LogP contribution in [0.25, 0.3) is 11.4 Å². The van der Waals surface area contributed by atoms with Crippen LogP contribution in [-0.2, 0) is 4.79 Å². The summed E-state index contributed by atoms with van der Waals surface area (Å²) in [5.74, 6) is -1.76. The number of nitrogens with one attached hydrogen (secondary N) is 2. The largest absolute Gasteiger partial charge is 0.370 e. The van der Waals surface area contributed by atoms with Crippen molar-refractivity contribution in [1.29, 1.82) is 0 Å². The fourth-order valence-electron chi connectivity index (χ4n) is 1.91. The van der Waals surface area contributed by atoms with Gasteiger partial charge in [0.15, 0.2) is 11.5 Å². The van der Waals surface area contributed by atoms with Crippen molar-refractivity contribution in [2.75, 3.05) is 6.54 Å². The number of halogens is 2. The molecule has 2 amide bonds. The lowest BCUT2D eigenvalue weighted by Gasteiger charge is -2.03. The summed E-state index contributed by atoms with van der Waals surface area (Å²) >= 11 is 5.54. The van der Waals surface area contributed by atoms with Crippen LogP contribution in [0.1, 0.15) is 16.9 Å². The Morgan fingerprint density at radius 2 is 1.85 bits per heavy atom. The molecule has 0 aliphatic heterocycles. The number of nitrogens with zero attached hydrogens (tertiary/aromatic N) is 3. The number of aromatic nitrogens is 4. The van der Waals surface area contributed by atoms with Gasteiger partial charge in [0.05, 0.1) is 0 Å². The molecule has 0 spiro atoms. The normalized spacial score (nSPS) is 9.85. The lowest BCUT2D eigenvalue weighted by Crippen LogP contribution is -2.28. The van der Waals surface area contributed by atoms with Crippen LogP contribution in [-0.4, -0.2) is 38.8 Å². The quantitative estimate of drug-likeness (QED) is 0.613. The summed E-state index contributed by atoms with van der Waals surface area (Å²) in [5, 5.41) is 12.9. The zero-order chi connectivity index (χ0) is 19.6. The number of hydrogen-bond acceptors (Lipinski definition) is 5. The Morgan fingerprint density at radius 1 is 1.11 bits per heavy atom. The van der Waals surface area contributed by atoms with E-state index in [1.165, 1.54) is 18.3 Å². The van der Waals surface area contributed by atoms with Gasteiger partial charge in [0.1, 0.15) is 11.4 Å². The molecule has 140 valence electrons. The lowest BCUT2D eigenvalue weighted by atomic mass is 10.2. The first-order chi connectivity index (χ1) is 13.0. The van der Waals surface area contributed by atoms with Crippen molar-refractivity contribution in [3.8, 4) is 11.4 Å². The molecule has 10 heteroatoms. The molecule has 27 heavy (non-hydrogen) atoms. The average Bonchev–Trinajstić information content (AvgIpc) is 3.12. The van der Waals surface area contributed by atoms with Gasteiger partial charge in [-0.1, -0.05) is 29.8 Å². The highest BCUT2D eigenvalue weighted by Gasteiger charge is 2.21. The summed E-state index contributed by atoms with van der Waals surface area (Å²) in [6, 6.07) is 12.1. The summed E-state index contributed by atoms with van der Waals surface area (Å²) in [7, 11) is 0. The van der Waals surface area contributed by atoms with E-state index < -0.39 is 17.6 Å². The molecule has 0 fully saturated rings. The Morgan fingerprint density at radius 3 is 2.44 bits per heavy atom. The second-order valence-corrected chi connectivity index (χ2v) is 5.56. The molecule has 0 saturated heterocycles. The smallest absolute Gasteiger partial charge is 0.274 e. The number of rotatable bonds is 5. The van der Waals surface area contributed by atoms with Gasteiger partial charge in [0.2, 0.25) is 5.91 Å². The molecule has 3 rings (SSSR count). The zero-order valence-corrected chi connectivity index (χ0v) is 14.8. The maximum absolute atomic E-state index is 13.6. The summed E-state index contributed by atoms with van der Waals surface area (Å²) in [6.07, 6.45) is 1.37. The Bertz CT molecular complexity index is 903. The lowest BCUT2D eigenvalue weighted by molar-refractivity contribution is -0.117. The molecule has 0 aliphatic carbocycles. The van der Waals surface area contributed by atoms with E-state index in [9.17, 15) is 14.0 Å². The highest BCUT2D eigenvalue weighted by atomic mass is 35.5. The van der Waals surface area contributed by atoms with Gasteiger partial charge >= 0.3 is 0 Å². The molecule has 0 radical (unpaired) electrons. The van der Waals surface area contributed by atoms with Crippen LogP contribution >= 0.6 is 11.6 Å². The van der Waals surface area contributed by atoms with E-state index in [0.717, 1.165) is 5.02 Å². The monoisotopic (exact) mass is 390 g/mol. The predicted molar refractivity (Wildman–Crippen MR) is 97.2 cm³/mol. The topological polar surface area (TPSA) is 127 Å². The third-order valence-corrected chi connectivity index (χ3v) is 3.39. The van der Waals surface area contributed by atoms with E-state index in [-0.39, 0.29) is 30.0 Å². The molecule has 0 saturated carbocycles. The molecule has 0 aliphatic rings. The molecule has 8 nitrogen and oxygen atoms in total. The number of amides is 2. The van der Waals surface area contributed by atoms with E-state index in [4.69, 9.17) is 17.3 Å². The Balaban J connectivity index is 0.000000313. The van der Waals surface area contributed by atoms with Crippen LogP contribution < -0.4 is 11.1 Å². The van der Waals surface area contributed by atoms with Gasteiger partial charge in [-0.2, -0.15) is 15.4 Å². The average molecular weight is 391 g/mol. The first kappa shape index (κ1) is 20.0. The fourth-order valence-corrected chi connectivity index (χ4v) is 2.06. The van der Waals surface area contributed by atoms with E-state index in [1.54, 1.807) is 0 Å². The molecule has 4 N–H and O–H groups in total. The summed E-state index contributed by atoms with van der Waals surface area (Å²) < 4.78 is 13.6. The van der Waals surface area contributed by atoms with Crippen LogP contribution in [0.15, 0.2) is 48.7 Å². The van der Waals surface area contributed by atoms with E-state index in [1.807, 2.05) is 30.3 Å². The highest BCUT2D eigenvalue weighted by Crippen LogP contribution is 2.19. The number of H-pyrrole nitrogens is 1. The van der Waals surface area contributed by atoms with Crippen molar-refractivity contribution in [3.63, 3.8) is 0 Å². The number of pyridine rings is 1. The number of carbonyl (C=O) groups excluding carboxylic acids is 2. The zero-order valence-electron chi connectivity index (χ0n) is 14.0. The number of nitrogens with two attached hydrogens (primary N) is 1.